The number of amides is 2. The van der Waals surface area contributed by atoms with Gasteiger partial charge < -0.3 is 30.3 Å². The van der Waals surface area contributed by atoms with E-state index in [9.17, 15) is 19.8 Å². The van der Waals surface area contributed by atoms with Crippen LogP contribution in [0.2, 0.25) is 0 Å². The second kappa shape index (κ2) is 24.0. The molecular weight excluding hydrogens is 1100 g/mol. The van der Waals surface area contributed by atoms with E-state index in [1.807, 2.05) is 0 Å². The summed E-state index contributed by atoms with van der Waals surface area (Å²) < 4.78 is 21.0. The van der Waals surface area contributed by atoms with E-state index >= 15 is 0 Å². The second-order valence-corrected chi connectivity index (χ2v) is 33.0. The molecule has 4 aromatic carbocycles. The number of ether oxygens (including phenoxy) is 2. The molecule has 0 spiro atoms. The lowest BCUT2D eigenvalue weighted by Crippen LogP contribution is -2.30. The van der Waals surface area contributed by atoms with Crippen molar-refractivity contribution in [1.29, 1.82) is 0 Å². The number of rotatable bonds is 2. The van der Waals surface area contributed by atoms with Gasteiger partial charge in [0.1, 0.15) is 36.2 Å². The summed E-state index contributed by atoms with van der Waals surface area (Å²) in [5, 5.41) is 31.7. The Morgan fingerprint density at radius 3 is 0.987 bits per heavy atom. The highest BCUT2D eigenvalue weighted by molar-refractivity contribution is 8.45. The van der Waals surface area contributed by atoms with Gasteiger partial charge in [0.25, 0.3) is 0 Å². The monoisotopic (exact) mass is 1170 g/mol. The number of benzene rings is 4. The Morgan fingerprint density at radius 2 is 0.711 bits per heavy atom. The summed E-state index contributed by atoms with van der Waals surface area (Å²) in [6.07, 6.45) is 5.73. The molecule has 8 nitrogen and oxygen atoms in total. The van der Waals surface area contributed by atoms with E-state index in [1.54, 1.807) is 70.6 Å². The molecule has 5 aliphatic rings. The van der Waals surface area contributed by atoms with Crippen molar-refractivity contribution in [2.24, 2.45) is 0 Å². The van der Waals surface area contributed by atoms with Gasteiger partial charge in [-0.15, -0.1) is 47.0 Å². The molecule has 0 saturated carbocycles. The number of fused-ring (bicyclic) bond motifs is 12. The number of hydrogen-bond donors (Lipinski definition) is 4. The number of hydrogen-bond acceptors (Lipinski definition) is 14. The van der Waals surface area contributed by atoms with Gasteiger partial charge in [0, 0.05) is 25.7 Å². The molecule has 1 aliphatic carbocycles. The number of phenolic OH excluding ortho intramolecular Hbond substituents is 2. The Bertz CT molecular complexity index is 2730. The molecule has 76 heavy (non-hydrogen) atoms. The molecule has 9 rings (SSSR count). The van der Waals surface area contributed by atoms with E-state index in [4.69, 9.17) is 9.47 Å². The molecule has 16 heteroatoms. The van der Waals surface area contributed by atoms with E-state index in [-0.39, 0.29) is 82.8 Å². The number of aromatic hydroxyl groups is 2. The first-order chi connectivity index (χ1) is 35.7. The largest absolute Gasteiger partial charge is 0.507 e. The molecular formula is C60H74N2O6S8. The Balaban J connectivity index is 1.29. The normalized spacial score (nSPS) is 17.8. The highest BCUT2D eigenvalue weighted by atomic mass is 32.3. The quantitative estimate of drug-likeness (QED) is 0.134. The zero-order valence-corrected chi connectivity index (χ0v) is 53.0. The van der Waals surface area contributed by atoms with Gasteiger partial charge in [-0.1, -0.05) is 179 Å². The summed E-state index contributed by atoms with van der Waals surface area (Å²) in [6, 6.07) is 17.5. The van der Waals surface area contributed by atoms with Crippen LogP contribution in [0.3, 0.4) is 0 Å². The van der Waals surface area contributed by atoms with Crippen LogP contribution in [0.15, 0.2) is 74.0 Å². The van der Waals surface area contributed by atoms with E-state index < -0.39 is 0 Å². The molecule has 408 valence electrons. The van der Waals surface area contributed by atoms with Crippen molar-refractivity contribution in [3.05, 3.63) is 141 Å². The summed E-state index contributed by atoms with van der Waals surface area (Å²) in [6.45, 7) is 27.4. The molecule has 0 aromatic heterocycles. The minimum absolute atomic E-state index is 0.110. The van der Waals surface area contributed by atoms with Crippen LogP contribution in [-0.4, -0.2) is 72.3 Å². The number of nitrogens with one attached hydrogen (secondary N) is 2. The number of carbonyl (C=O) groups is 2. The number of thioether (sulfide) groups is 8. The standard InChI is InChI=1S/C60H74N2O6S8/c1-57(2,3)41-23-33-19-37-27-43(59(7,8)9)29-39-21-35-25-42(58(4,5)6)26-36(48(35)66)22-40-30-44(60(10,11)12)28-38(20-34(24-41)47(33)65)50(40)68-18-16-62-46(64)32-72-54-53(71-31-45(63)61-15-17-67-49(37)39)75-56(76-54)55-73-51(69-13)52(70-14)74-55/h23-30,65-66H,15-22,31-32H2,1-14H3,(H,61,63)(H,62,64). The molecule has 4 aromatic rings. The predicted molar refractivity (Wildman–Crippen MR) is 336 cm³/mol. The molecule has 4 N–H and O–H groups in total. The summed E-state index contributed by atoms with van der Waals surface area (Å²) in [5.41, 5.74) is 10.3. The van der Waals surface area contributed by atoms with Crippen LogP contribution in [0.5, 0.6) is 23.0 Å². The van der Waals surface area contributed by atoms with Crippen LogP contribution < -0.4 is 20.1 Å². The minimum Gasteiger partial charge on any atom is -0.507 e. The maximum Gasteiger partial charge on any atom is 0.230 e. The number of phenols is 2. The van der Waals surface area contributed by atoms with Crippen LogP contribution in [0.25, 0.3) is 0 Å². The van der Waals surface area contributed by atoms with E-state index in [1.165, 1.54) is 40.5 Å². The fraction of sp³-hybridized carbons (Fsp3) is 0.467. The zero-order valence-electron chi connectivity index (χ0n) is 46.5. The maximum atomic E-state index is 13.8. The van der Waals surface area contributed by atoms with Crippen LogP contribution >= 0.6 is 94.1 Å². The highest BCUT2D eigenvalue weighted by Gasteiger charge is 2.33. The fourth-order valence-electron chi connectivity index (χ4n) is 9.21. The molecule has 10 bridgehead atoms. The van der Waals surface area contributed by atoms with Gasteiger partial charge in [-0.25, -0.2) is 0 Å². The van der Waals surface area contributed by atoms with Gasteiger partial charge >= 0.3 is 0 Å². The smallest absolute Gasteiger partial charge is 0.230 e. The average Bonchev–Trinajstić information content (AvgIpc) is 3.96. The first kappa shape index (κ1) is 59.2. The number of carbonyl (C=O) groups excluding carboxylic acids is 2. The van der Waals surface area contributed by atoms with E-state index in [0.717, 1.165) is 75.2 Å². The van der Waals surface area contributed by atoms with Crippen molar-refractivity contribution in [3.8, 4) is 23.0 Å². The van der Waals surface area contributed by atoms with Crippen molar-refractivity contribution in [3.63, 3.8) is 0 Å². The van der Waals surface area contributed by atoms with Gasteiger partial charge in [0.15, 0.2) is 0 Å². The van der Waals surface area contributed by atoms with Gasteiger partial charge in [-0.2, -0.15) is 0 Å². The van der Waals surface area contributed by atoms with Crippen molar-refractivity contribution in [2.45, 2.75) is 130 Å². The topological polar surface area (TPSA) is 117 Å². The molecule has 0 saturated heterocycles. The van der Waals surface area contributed by atoms with Gasteiger partial charge in [0.05, 0.1) is 50.0 Å². The van der Waals surface area contributed by atoms with Crippen molar-refractivity contribution >= 4 is 106 Å². The molecule has 0 unspecified atom stereocenters. The molecule has 4 aliphatic heterocycles. The summed E-state index contributed by atoms with van der Waals surface area (Å²) >= 11 is 13.5. The SMILES string of the molecule is CSC1=C(SC)SC(=C2SC3=C(SCC(=O)NCCOc4c5cc(C(C)(C)C)cc4Cc4cc(C(C)(C)C)cc(c4O)Cc4cc(C(C)(C)C)cc(c4OCCNC(=O)CS3)Cc3cc(C(C)(C)C)cc(c3O)C5)S2)S1. The summed E-state index contributed by atoms with van der Waals surface area (Å²) in [4.78, 5) is 27.5. The fourth-order valence-corrected chi connectivity index (χ4v) is 20.0. The first-order valence-electron chi connectivity index (χ1n) is 25.8. The lowest BCUT2D eigenvalue weighted by atomic mass is 9.79. The molecule has 0 radical (unpaired) electrons. The third-order valence-corrected chi connectivity index (χ3v) is 24.9. The van der Waals surface area contributed by atoms with Crippen molar-refractivity contribution in [1.82, 2.24) is 10.6 Å². The van der Waals surface area contributed by atoms with Gasteiger partial charge in [-0.3, -0.25) is 9.59 Å². The zero-order chi connectivity index (χ0) is 55.1. The Morgan fingerprint density at radius 1 is 0.434 bits per heavy atom. The summed E-state index contributed by atoms with van der Waals surface area (Å²) in [7, 11) is 0. The average molecular weight is 1180 g/mol. The lowest BCUT2D eigenvalue weighted by molar-refractivity contribution is -0.119. The van der Waals surface area contributed by atoms with Crippen molar-refractivity contribution in [2.75, 3.05) is 50.3 Å². The van der Waals surface area contributed by atoms with Gasteiger partial charge in [-0.05, 0) is 101 Å². The third kappa shape index (κ3) is 14.1. The van der Waals surface area contributed by atoms with Crippen LogP contribution in [0, 0.1) is 0 Å². The summed E-state index contributed by atoms with van der Waals surface area (Å²) in [5.74, 6) is 2.03. The Labute approximate surface area is 486 Å². The minimum atomic E-state index is -0.249. The maximum absolute atomic E-state index is 13.8. The van der Waals surface area contributed by atoms with Crippen LogP contribution in [0.4, 0.5) is 0 Å². The van der Waals surface area contributed by atoms with Crippen LogP contribution in [-0.2, 0) is 56.9 Å². The van der Waals surface area contributed by atoms with Gasteiger partial charge in [0.2, 0.25) is 11.8 Å². The second-order valence-electron chi connectivity index (χ2n) is 23.8. The molecule has 4 heterocycles. The molecule has 0 atom stereocenters. The Hall–Kier alpha value is -2.96. The van der Waals surface area contributed by atoms with E-state index in [0.29, 0.717) is 37.2 Å². The van der Waals surface area contributed by atoms with Crippen molar-refractivity contribution < 1.29 is 29.3 Å². The molecule has 0 fully saturated rings. The Kier molecular flexibility index (Phi) is 18.7. The van der Waals surface area contributed by atoms with E-state index in [2.05, 4.69) is 155 Å². The lowest BCUT2D eigenvalue weighted by Gasteiger charge is -2.28. The highest BCUT2D eigenvalue weighted by Crippen LogP contribution is 2.65. The first-order valence-corrected chi connectivity index (χ1v) is 33.5. The molecule has 2 amide bonds. The third-order valence-electron chi connectivity index (χ3n) is 13.6. The predicted octanol–water partition coefficient (Wildman–Crippen LogP) is 15.5. The van der Waals surface area contributed by atoms with Crippen LogP contribution in [0.1, 0.15) is 150 Å².